The molecule has 4 nitrogen and oxygen atoms in total. The molecule has 0 saturated carbocycles. The summed E-state index contributed by atoms with van der Waals surface area (Å²) in [5.74, 6) is 0.163. The van der Waals surface area contributed by atoms with E-state index in [1.807, 2.05) is 0 Å². The van der Waals surface area contributed by atoms with Gasteiger partial charge in [-0.15, -0.1) is 0 Å². The fraction of sp³-hybridized carbons (Fsp3) is 0.818. The van der Waals surface area contributed by atoms with Gasteiger partial charge in [-0.2, -0.15) is 0 Å². The van der Waals surface area contributed by atoms with Crippen LogP contribution < -0.4 is 5.32 Å². The van der Waals surface area contributed by atoms with Gasteiger partial charge in [0.2, 0.25) is 11.8 Å². The molecule has 1 spiro atoms. The molecule has 0 bridgehead atoms. The van der Waals surface area contributed by atoms with E-state index in [0.717, 1.165) is 0 Å². The van der Waals surface area contributed by atoms with Gasteiger partial charge in [0.05, 0.1) is 11.5 Å². The van der Waals surface area contributed by atoms with Crippen LogP contribution >= 0.6 is 0 Å². The summed E-state index contributed by atoms with van der Waals surface area (Å²) in [4.78, 5) is 23.0. The van der Waals surface area contributed by atoms with E-state index in [9.17, 15) is 9.59 Å². The van der Waals surface area contributed by atoms with E-state index in [2.05, 4.69) is 19.2 Å². The number of amides is 2. The summed E-state index contributed by atoms with van der Waals surface area (Å²) in [5, 5.41) is 2.40. The Labute approximate surface area is 89.4 Å². The monoisotopic (exact) mass is 211 g/mol. The molecule has 2 aliphatic rings. The van der Waals surface area contributed by atoms with Gasteiger partial charge in [0.15, 0.2) is 0 Å². The Balaban J connectivity index is 2.15. The number of carbonyl (C=O) groups is 2. The van der Waals surface area contributed by atoms with Gasteiger partial charge in [0.25, 0.3) is 0 Å². The van der Waals surface area contributed by atoms with Gasteiger partial charge in [-0.1, -0.05) is 13.8 Å². The first-order valence-electron chi connectivity index (χ1n) is 5.49. The Hall–Kier alpha value is -0.900. The van der Waals surface area contributed by atoms with Crippen molar-refractivity contribution in [3.8, 4) is 0 Å². The molecule has 84 valence electrons. The molecule has 0 aromatic rings. The number of hydrogen-bond donors (Lipinski definition) is 1. The van der Waals surface area contributed by atoms with Crippen molar-refractivity contribution in [1.29, 1.82) is 0 Å². The zero-order valence-electron chi connectivity index (χ0n) is 9.21. The van der Waals surface area contributed by atoms with Crippen LogP contribution in [0.1, 0.15) is 33.1 Å². The fourth-order valence-electron chi connectivity index (χ4n) is 2.44. The summed E-state index contributed by atoms with van der Waals surface area (Å²) in [6.07, 6.45) is 1.81. The highest BCUT2D eigenvalue weighted by molar-refractivity contribution is 6.05. The van der Waals surface area contributed by atoms with E-state index < -0.39 is 5.41 Å². The van der Waals surface area contributed by atoms with Gasteiger partial charge in [-0.3, -0.25) is 14.9 Å². The lowest BCUT2D eigenvalue weighted by molar-refractivity contribution is -0.138. The van der Waals surface area contributed by atoms with E-state index in [4.69, 9.17) is 4.74 Å². The van der Waals surface area contributed by atoms with Gasteiger partial charge >= 0.3 is 0 Å². The molecule has 0 radical (unpaired) electrons. The molecule has 0 aromatic heterocycles. The largest absolute Gasteiger partial charge is 0.378 e. The van der Waals surface area contributed by atoms with Crippen LogP contribution in [0.4, 0.5) is 0 Å². The third-order valence-corrected chi connectivity index (χ3v) is 3.48. The van der Waals surface area contributed by atoms with Crippen LogP contribution in [0.5, 0.6) is 0 Å². The lowest BCUT2D eigenvalue weighted by Crippen LogP contribution is -2.42. The number of carbonyl (C=O) groups excluding carboxylic acids is 2. The highest BCUT2D eigenvalue weighted by Crippen LogP contribution is 2.41. The van der Waals surface area contributed by atoms with Crippen LogP contribution in [0.25, 0.3) is 0 Å². The smallest absolute Gasteiger partial charge is 0.233 e. The first-order chi connectivity index (χ1) is 7.03. The third kappa shape index (κ3) is 1.78. The Bertz CT molecular complexity index is 300. The molecular weight excluding hydrogens is 194 g/mol. The maximum absolute atomic E-state index is 11.7. The topological polar surface area (TPSA) is 55.4 Å². The fourth-order valence-corrected chi connectivity index (χ4v) is 2.44. The molecule has 0 aromatic carbocycles. The molecule has 2 atom stereocenters. The highest BCUT2D eigenvalue weighted by Gasteiger charge is 2.49. The van der Waals surface area contributed by atoms with Crippen molar-refractivity contribution in [1.82, 2.24) is 5.32 Å². The highest BCUT2D eigenvalue weighted by atomic mass is 16.5. The minimum absolute atomic E-state index is 0.0959. The molecular formula is C11H17NO3. The van der Waals surface area contributed by atoms with Crippen LogP contribution in [0, 0.1) is 11.3 Å². The van der Waals surface area contributed by atoms with Crippen molar-refractivity contribution in [3.63, 3.8) is 0 Å². The number of imide groups is 1. The van der Waals surface area contributed by atoms with Crippen LogP contribution in [0.3, 0.4) is 0 Å². The van der Waals surface area contributed by atoms with Crippen molar-refractivity contribution in [2.24, 2.45) is 11.3 Å². The summed E-state index contributed by atoms with van der Waals surface area (Å²) < 4.78 is 5.62. The van der Waals surface area contributed by atoms with Crippen molar-refractivity contribution in [2.75, 3.05) is 6.61 Å². The van der Waals surface area contributed by atoms with E-state index in [-0.39, 0.29) is 17.9 Å². The van der Waals surface area contributed by atoms with Crippen LogP contribution in [0.15, 0.2) is 0 Å². The molecule has 15 heavy (non-hydrogen) atoms. The zero-order chi connectivity index (χ0) is 11.1. The molecule has 4 heteroatoms. The molecule has 2 heterocycles. The lowest BCUT2D eigenvalue weighted by Gasteiger charge is -2.37. The number of hydrogen-bond acceptors (Lipinski definition) is 3. The van der Waals surface area contributed by atoms with Crippen molar-refractivity contribution >= 4 is 11.8 Å². The van der Waals surface area contributed by atoms with Gasteiger partial charge in [0, 0.05) is 13.0 Å². The zero-order valence-corrected chi connectivity index (χ0v) is 9.21. The van der Waals surface area contributed by atoms with Gasteiger partial charge in [-0.25, -0.2) is 0 Å². The Morgan fingerprint density at radius 1 is 1.47 bits per heavy atom. The predicted molar refractivity (Wildman–Crippen MR) is 54.0 cm³/mol. The van der Waals surface area contributed by atoms with Crippen LogP contribution in [-0.4, -0.2) is 24.5 Å². The quantitative estimate of drug-likeness (QED) is 0.654. The van der Waals surface area contributed by atoms with E-state index in [1.54, 1.807) is 0 Å². The van der Waals surface area contributed by atoms with E-state index >= 15 is 0 Å². The normalized spacial score (nSPS) is 36.3. The number of rotatable bonds is 1. The number of nitrogens with one attached hydrogen (secondary N) is 1. The van der Waals surface area contributed by atoms with Crippen molar-refractivity contribution in [2.45, 2.75) is 39.2 Å². The molecule has 2 aliphatic heterocycles. The summed E-state index contributed by atoms with van der Waals surface area (Å²) in [6, 6.07) is 0. The summed E-state index contributed by atoms with van der Waals surface area (Å²) >= 11 is 0. The maximum Gasteiger partial charge on any atom is 0.233 e. The summed E-state index contributed by atoms with van der Waals surface area (Å²) in [7, 11) is 0. The van der Waals surface area contributed by atoms with E-state index in [0.29, 0.717) is 31.8 Å². The van der Waals surface area contributed by atoms with Gasteiger partial charge in [-0.05, 0) is 18.8 Å². The first-order valence-corrected chi connectivity index (χ1v) is 5.49. The van der Waals surface area contributed by atoms with Gasteiger partial charge in [0.1, 0.15) is 0 Å². The van der Waals surface area contributed by atoms with Crippen LogP contribution in [-0.2, 0) is 14.3 Å². The standard InChI is InChI=1S/C11H17NO3/c1-7(2)8-5-11(3-4-15-8)6-9(13)12-10(11)14/h7-8H,3-6H2,1-2H3,(H,12,13,14). The minimum atomic E-state index is -0.468. The third-order valence-electron chi connectivity index (χ3n) is 3.48. The lowest BCUT2D eigenvalue weighted by atomic mass is 9.74. The molecule has 2 saturated heterocycles. The van der Waals surface area contributed by atoms with Crippen molar-refractivity contribution in [3.05, 3.63) is 0 Å². The molecule has 0 aliphatic carbocycles. The molecule has 1 N–H and O–H groups in total. The molecule has 2 amide bonds. The van der Waals surface area contributed by atoms with E-state index in [1.165, 1.54) is 0 Å². The predicted octanol–water partition coefficient (Wildman–Crippen LogP) is 0.854. The maximum atomic E-state index is 11.7. The average Bonchev–Trinajstić information content (AvgIpc) is 2.41. The summed E-state index contributed by atoms with van der Waals surface area (Å²) in [6.45, 7) is 4.75. The SMILES string of the molecule is CC(C)C1CC2(CCO1)CC(=O)NC2=O. The summed E-state index contributed by atoms with van der Waals surface area (Å²) in [5.41, 5.74) is -0.468. The average molecular weight is 211 g/mol. The minimum Gasteiger partial charge on any atom is -0.378 e. The van der Waals surface area contributed by atoms with Gasteiger partial charge < -0.3 is 4.74 Å². The molecule has 2 fully saturated rings. The Kier molecular flexibility index (Phi) is 2.54. The number of ether oxygens (including phenoxy) is 1. The molecule has 2 rings (SSSR count). The van der Waals surface area contributed by atoms with Crippen molar-refractivity contribution < 1.29 is 14.3 Å². The Morgan fingerprint density at radius 3 is 2.73 bits per heavy atom. The van der Waals surface area contributed by atoms with Crippen LogP contribution in [0.2, 0.25) is 0 Å². The second-order valence-electron chi connectivity index (χ2n) is 4.94. The second-order valence-corrected chi connectivity index (χ2v) is 4.94. The Morgan fingerprint density at radius 2 is 2.20 bits per heavy atom. The first kappa shape index (κ1) is 10.6. The molecule has 2 unspecified atom stereocenters. The second kappa shape index (κ2) is 3.59.